The maximum Gasteiger partial charge on any atom is 0.272 e. The lowest BCUT2D eigenvalue weighted by atomic mass is 9.97. The molecule has 0 bridgehead atoms. The summed E-state index contributed by atoms with van der Waals surface area (Å²) in [7, 11) is 0. The highest BCUT2D eigenvalue weighted by Gasteiger charge is 2.32. The van der Waals surface area contributed by atoms with Crippen molar-refractivity contribution in [1.29, 1.82) is 0 Å². The van der Waals surface area contributed by atoms with Crippen LogP contribution in [0.1, 0.15) is 45.8 Å². The maximum absolute atomic E-state index is 13.6. The Bertz CT molecular complexity index is 1530. The Balaban J connectivity index is 1.66. The molecular formula is C29H23Cl2FN4O2. The van der Waals surface area contributed by atoms with Crippen LogP contribution in [-0.4, -0.2) is 33.5 Å². The van der Waals surface area contributed by atoms with Crippen molar-refractivity contribution >= 4 is 47.2 Å². The van der Waals surface area contributed by atoms with E-state index in [0.717, 1.165) is 23.1 Å². The highest BCUT2D eigenvalue weighted by Crippen LogP contribution is 2.35. The van der Waals surface area contributed by atoms with Gasteiger partial charge < -0.3 is 10.2 Å². The van der Waals surface area contributed by atoms with Gasteiger partial charge in [0.1, 0.15) is 5.82 Å². The van der Waals surface area contributed by atoms with Gasteiger partial charge in [-0.3, -0.25) is 9.59 Å². The zero-order chi connectivity index (χ0) is 26.8. The van der Waals surface area contributed by atoms with Crippen molar-refractivity contribution in [2.45, 2.75) is 19.5 Å². The van der Waals surface area contributed by atoms with Gasteiger partial charge in [-0.25, -0.2) is 9.07 Å². The monoisotopic (exact) mass is 548 g/mol. The summed E-state index contributed by atoms with van der Waals surface area (Å²) < 4.78 is 15.2. The average Bonchev–Trinajstić information content (AvgIpc) is 3.30. The molecule has 0 saturated heterocycles. The van der Waals surface area contributed by atoms with Crippen molar-refractivity contribution in [3.8, 4) is 5.69 Å². The van der Waals surface area contributed by atoms with Gasteiger partial charge in [-0.15, -0.1) is 0 Å². The number of nitrogens with zero attached hydrogens (tertiary/aromatic N) is 3. The van der Waals surface area contributed by atoms with Gasteiger partial charge in [0.25, 0.3) is 5.91 Å². The largest absolute Gasteiger partial charge is 0.344 e. The van der Waals surface area contributed by atoms with Gasteiger partial charge in [-0.05, 0) is 60.0 Å². The van der Waals surface area contributed by atoms with Crippen molar-refractivity contribution in [3.05, 3.63) is 117 Å². The number of nitrogens with one attached hydrogen (secondary N) is 1. The molecule has 5 rings (SSSR count). The van der Waals surface area contributed by atoms with Crippen LogP contribution in [0.25, 0.3) is 17.3 Å². The second kappa shape index (κ2) is 10.8. The van der Waals surface area contributed by atoms with E-state index in [0.29, 0.717) is 27.0 Å². The fraction of sp³-hybridized carbons (Fsp3) is 0.138. The number of hydrogen-bond donors (Lipinski definition) is 1. The Kier molecular flexibility index (Phi) is 7.31. The predicted octanol–water partition coefficient (Wildman–Crippen LogP) is 6.32. The first kappa shape index (κ1) is 25.7. The summed E-state index contributed by atoms with van der Waals surface area (Å²) in [5.41, 5.74) is 4.35. The second-order valence-electron chi connectivity index (χ2n) is 9.02. The normalized spacial score (nSPS) is 14.7. The highest BCUT2D eigenvalue weighted by molar-refractivity contribution is 6.35. The summed E-state index contributed by atoms with van der Waals surface area (Å²) in [6.07, 6.45) is 2.59. The molecule has 0 spiro atoms. The molecule has 1 aromatic heterocycles. The van der Waals surface area contributed by atoms with Crippen molar-refractivity contribution < 1.29 is 14.0 Å². The Morgan fingerprint density at radius 2 is 1.79 bits per heavy atom. The Morgan fingerprint density at radius 1 is 1.05 bits per heavy atom. The SMILES string of the molecule is CC(NC(=O)c1nn(-c2ccc(Cl)cc2Cl)c2c1CN(C=O)C/C2=C\c1ccc(F)cc1)c1ccccc1. The average molecular weight is 549 g/mol. The minimum atomic E-state index is -0.379. The molecule has 4 aromatic rings. The van der Waals surface area contributed by atoms with Crippen molar-refractivity contribution in [2.75, 3.05) is 6.54 Å². The van der Waals surface area contributed by atoms with E-state index in [-0.39, 0.29) is 36.5 Å². The minimum Gasteiger partial charge on any atom is -0.344 e. The third-order valence-electron chi connectivity index (χ3n) is 6.38. The summed E-state index contributed by atoms with van der Waals surface area (Å²) in [6.45, 7) is 2.35. The highest BCUT2D eigenvalue weighted by atomic mass is 35.5. The molecule has 6 nitrogen and oxygen atoms in total. The number of hydrogen-bond acceptors (Lipinski definition) is 3. The minimum absolute atomic E-state index is 0.186. The molecule has 0 aliphatic carbocycles. The fourth-order valence-electron chi connectivity index (χ4n) is 4.53. The van der Waals surface area contributed by atoms with E-state index in [1.54, 1.807) is 39.9 Å². The number of carbonyl (C=O) groups excluding carboxylic acids is 2. The number of amides is 2. The molecule has 9 heteroatoms. The van der Waals surface area contributed by atoms with E-state index in [9.17, 15) is 14.0 Å². The lowest BCUT2D eigenvalue weighted by molar-refractivity contribution is -0.118. The van der Waals surface area contributed by atoms with Crippen LogP contribution in [-0.2, 0) is 11.3 Å². The maximum atomic E-state index is 13.6. The second-order valence-corrected chi connectivity index (χ2v) is 9.86. The molecule has 2 amide bonds. The Morgan fingerprint density at radius 3 is 2.47 bits per heavy atom. The molecule has 1 aliphatic heterocycles. The van der Waals surface area contributed by atoms with Crippen LogP contribution < -0.4 is 5.32 Å². The quantitative estimate of drug-likeness (QED) is 0.286. The zero-order valence-corrected chi connectivity index (χ0v) is 21.9. The molecule has 0 saturated carbocycles. The van der Waals surface area contributed by atoms with Gasteiger partial charge >= 0.3 is 0 Å². The van der Waals surface area contributed by atoms with Crippen LogP contribution in [0.4, 0.5) is 4.39 Å². The molecule has 192 valence electrons. The van der Waals surface area contributed by atoms with Crippen LogP contribution in [0.5, 0.6) is 0 Å². The van der Waals surface area contributed by atoms with Gasteiger partial charge in [0.2, 0.25) is 6.41 Å². The van der Waals surface area contributed by atoms with E-state index in [1.165, 1.54) is 12.1 Å². The number of benzene rings is 3. The van der Waals surface area contributed by atoms with E-state index < -0.39 is 0 Å². The van der Waals surface area contributed by atoms with E-state index >= 15 is 0 Å². The summed E-state index contributed by atoms with van der Waals surface area (Å²) in [6, 6.07) is 20.4. The smallest absolute Gasteiger partial charge is 0.272 e. The van der Waals surface area contributed by atoms with E-state index in [2.05, 4.69) is 5.32 Å². The number of rotatable bonds is 6. The first-order valence-electron chi connectivity index (χ1n) is 11.9. The van der Waals surface area contributed by atoms with Crippen LogP contribution in [0.3, 0.4) is 0 Å². The van der Waals surface area contributed by atoms with Crippen LogP contribution in [0.2, 0.25) is 10.0 Å². The molecule has 1 aliphatic rings. The Hall–Kier alpha value is -3.94. The molecule has 0 radical (unpaired) electrons. The number of halogens is 3. The zero-order valence-electron chi connectivity index (χ0n) is 20.4. The third kappa shape index (κ3) is 5.21. The summed E-state index contributed by atoms with van der Waals surface area (Å²) in [5, 5.41) is 8.54. The summed E-state index contributed by atoms with van der Waals surface area (Å²) >= 11 is 12.7. The van der Waals surface area contributed by atoms with E-state index in [4.69, 9.17) is 28.3 Å². The first-order valence-corrected chi connectivity index (χ1v) is 12.7. The molecule has 3 aromatic carbocycles. The summed E-state index contributed by atoms with van der Waals surface area (Å²) in [5.74, 6) is -0.731. The van der Waals surface area contributed by atoms with Crippen molar-refractivity contribution in [2.24, 2.45) is 0 Å². The van der Waals surface area contributed by atoms with Gasteiger partial charge in [0.05, 0.1) is 29.0 Å². The molecule has 38 heavy (non-hydrogen) atoms. The molecule has 1 atom stereocenters. The topological polar surface area (TPSA) is 67.2 Å². The van der Waals surface area contributed by atoms with Gasteiger partial charge in [-0.2, -0.15) is 5.10 Å². The fourth-order valence-corrected chi connectivity index (χ4v) is 5.02. The van der Waals surface area contributed by atoms with Crippen molar-refractivity contribution in [1.82, 2.24) is 20.0 Å². The van der Waals surface area contributed by atoms with Gasteiger partial charge in [-0.1, -0.05) is 65.7 Å². The van der Waals surface area contributed by atoms with Crippen molar-refractivity contribution in [3.63, 3.8) is 0 Å². The van der Waals surface area contributed by atoms with Gasteiger partial charge in [0, 0.05) is 17.1 Å². The summed E-state index contributed by atoms with van der Waals surface area (Å²) in [4.78, 5) is 27.0. The third-order valence-corrected chi connectivity index (χ3v) is 6.92. The lowest BCUT2D eigenvalue weighted by Crippen LogP contribution is -2.32. The first-order chi connectivity index (χ1) is 18.3. The standard InChI is InChI=1S/C29H23Cl2FN4O2/c1-18(20-5-3-2-4-6-20)33-29(38)27-24-16-35(17-37)15-21(13-19-7-10-23(32)11-8-19)28(24)36(34-27)26-12-9-22(30)14-25(26)31/h2-14,17-18H,15-16H2,1H3,(H,33,38)/b21-13+. The van der Waals surface area contributed by atoms with Crippen LogP contribution >= 0.6 is 23.2 Å². The molecular weight excluding hydrogens is 526 g/mol. The lowest BCUT2D eigenvalue weighted by Gasteiger charge is -2.27. The van der Waals surface area contributed by atoms with Gasteiger partial charge in [0.15, 0.2) is 5.69 Å². The predicted molar refractivity (Wildman–Crippen MR) is 147 cm³/mol. The molecule has 1 N–H and O–H groups in total. The van der Waals surface area contributed by atoms with Crippen LogP contribution in [0.15, 0.2) is 72.8 Å². The number of fused-ring (bicyclic) bond motifs is 1. The molecule has 1 unspecified atom stereocenters. The Labute approximate surface area is 229 Å². The van der Waals surface area contributed by atoms with E-state index in [1.807, 2.05) is 43.3 Å². The molecule has 0 fully saturated rings. The molecule has 2 heterocycles. The van der Waals surface area contributed by atoms with Crippen LogP contribution in [0, 0.1) is 5.82 Å². The number of aromatic nitrogens is 2. The number of carbonyl (C=O) groups is 2.